The van der Waals surface area contributed by atoms with E-state index in [1.54, 1.807) is 7.11 Å². The predicted octanol–water partition coefficient (Wildman–Crippen LogP) is 1.01. The number of carbonyl (C=O) groups is 1. The van der Waals surface area contributed by atoms with Crippen LogP contribution >= 0.6 is 0 Å². The number of nitrogens with zero attached hydrogens (tertiary/aromatic N) is 2. The predicted molar refractivity (Wildman–Crippen MR) is 66.4 cm³/mol. The Balaban J connectivity index is 1.92. The van der Waals surface area contributed by atoms with Crippen LogP contribution in [-0.4, -0.2) is 40.3 Å². The third-order valence-corrected chi connectivity index (χ3v) is 3.16. The Morgan fingerprint density at radius 2 is 2.11 bits per heavy atom. The Hall–Kier alpha value is -1.43. The minimum Gasteiger partial charge on any atom is -0.381 e. The fourth-order valence-corrected chi connectivity index (χ4v) is 1.82. The molecule has 1 heterocycles. The number of aromatic nitrogens is 3. The van der Waals surface area contributed by atoms with Crippen LogP contribution < -0.4 is 5.32 Å². The Morgan fingerprint density at radius 3 is 2.61 bits per heavy atom. The topological polar surface area (TPSA) is 79.9 Å². The van der Waals surface area contributed by atoms with Gasteiger partial charge in [0.15, 0.2) is 0 Å². The highest BCUT2D eigenvalue weighted by atomic mass is 16.5. The number of carbonyl (C=O) groups excluding carboxylic acids is 1. The molecule has 0 bridgehead atoms. The largest absolute Gasteiger partial charge is 0.381 e. The maximum atomic E-state index is 11.9. The molecule has 1 saturated carbocycles. The maximum Gasteiger partial charge on any atom is 0.291 e. The number of rotatable bonds is 3. The molecule has 0 atom stereocenters. The number of amides is 1. The molecule has 18 heavy (non-hydrogen) atoms. The summed E-state index contributed by atoms with van der Waals surface area (Å²) in [4.78, 5) is 16.1. The molecule has 0 spiro atoms. The quantitative estimate of drug-likeness (QED) is 0.841. The van der Waals surface area contributed by atoms with E-state index in [1.807, 2.05) is 20.8 Å². The van der Waals surface area contributed by atoms with Gasteiger partial charge in [0.2, 0.25) is 5.82 Å². The third kappa shape index (κ3) is 2.69. The zero-order chi connectivity index (χ0) is 13.3. The molecule has 1 aromatic heterocycles. The van der Waals surface area contributed by atoms with E-state index in [1.165, 1.54) is 0 Å². The Kier molecular flexibility index (Phi) is 3.38. The molecule has 0 radical (unpaired) electrons. The molecule has 1 aliphatic carbocycles. The second-order valence-electron chi connectivity index (χ2n) is 5.76. The van der Waals surface area contributed by atoms with Crippen LogP contribution in [0.2, 0.25) is 0 Å². The minimum absolute atomic E-state index is 0.136. The first-order valence-electron chi connectivity index (χ1n) is 6.16. The first-order valence-corrected chi connectivity index (χ1v) is 6.16. The summed E-state index contributed by atoms with van der Waals surface area (Å²) in [6.45, 7) is 6.05. The lowest BCUT2D eigenvalue weighted by molar-refractivity contribution is 0.0174. The molecule has 2 rings (SSSR count). The second-order valence-corrected chi connectivity index (χ2v) is 5.76. The molecule has 100 valence electrons. The maximum absolute atomic E-state index is 11.9. The van der Waals surface area contributed by atoms with E-state index in [9.17, 15) is 4.79 Å². The molecule has 1 amide bonds. The van der Waals surface area contributed by atoms with Gasteiger partial charge < -0.3 is 10.1 Å². The van der Waals surface area contributed by atoms with Crippen LogP contribution in [0.4, 0.5) is 0 Å². The fourth-order valence-electron chi connectivity index (χ4n) is 1.82. The molecule has 2 N–H and O–H groups in total. The summed E-state index contributed by atoms with van der Waals surface area (Å²) in [6, 6.07) is 0.180. The normalized spacial score (nSPS) is 23.6. The van der Waals surface area contributed by atoms with Crippen molar-refractivity contribution in [2.24, 2.45) is 0 Å². The lowest BCUT2D eigenvalue weighted by Gasteiger charge is -2.34. The zero-order valence-corrected chi connectivity index (χ0v) is 11.3. The van der Waals surface area contributed by atoms with Crippen molar-refractivity contribution in [1.82, 2.24) is 20.5 Å². The van der Waals surface area contributed by atoms with Crippen LogP contribution in [0.5, 0.6) is 0 Å². The van der Waals surface area contributed by atoms with Crippen molar-refractivity contribution < 1.29 is 9.53 Å². The van der Waals surface area contributed by atoms with Gasteiger partial charge in [-0.1, -0.05) is 20.8 Å². The number of hydrogen-bond donors (Lipinski definition) is 2. The Labute approximate surface area is 107 Å². The molecule has 1 aliphatic rings. The molecule has 1 fully saturated rings. The smallest absolute Gasteiger partial charge is 0.291 e. The van der Waals surface area contributed by atoms with E-state index < -0.39 is 0 Å². The average Bonchev–Trinajstić information content (AvgIpc) is 2.70. The first kappa shape index (κ1) is 13.0. The molecular weight excluding hydrogens is 232 g/mol. The molecule has 0 aliphatic heterocycles. The van der Waals surface area contributed by atoms with Gasteiger partial charge >= 0.3 is 0 Å². The summed E-state index contributed by atoms with van der Waals surface area (Å²) in [5, 5.41) is 9.66. The van der Waals surface area contributed by atoms with Crippen molar-refractivity contribution in [2.45, 2.75) is 51.2 Å². The Morgan fingerprint density at radius 1 is 1.44 bits per heavy atom. The monoisotopic (exact) mass is 252 g/mol. The number of methoxy groups -OCH3 is 1. The van der Waals surface area contributed by atoms with Gasteiger partial charge in [0.05, 0.1) is 6.10 Å². The average molecular weight is 252 g/mol. The summed E-state index contributed by atoms with van der Waals surface area (Å²) in [5.74, 6) is 0.707. The molecule has 1 aromatic rings. The standard InChI is InChI=1S/C12H20N4O2/c1-12(2,3)11-14-9(15-16-11)10(17)13-7-5-8(6-7)18-4/h7-8H,5-6H2,1-4H3,(H,13,17)(H,14,15,16). The van der Waals surface area contributed by atoms with E-state index >= 15 is 0 Å². The van der Waals surface area contributed by atoms with Gasteiger partial charge in [0.25, 0.3) is 5.91 Å². The van der Waals surface area contributed by atoms with Crippen LogP contribution in [0.1, 0.15) is 50.1 Å². The fraction of sp³-hybridized carbons (Fsp3) is 0.750. The number of nitrogens with one attached hydrogen (secondary N) is 2. The van der Waals surface area contributed by atoms with Crippen molar-refractivity contribution in [3.05, 3.63) is 11.6 Å². The van der Waals surface area contributed by atoms with E-state index in [0.717, 1.165) is 18.7 Å². The van der Waals surface area contributed by atoms with Gasteiger partial charge in [-0.3, -0.25) is 9.89 Å². The second kappa shape index (κ2) is 4.68. The minimum atomic E-state index is -0.221. The van der Waals surface area contributed by atoms with Gasteiger partial charge in [-0.2, -0.15) is 0 Å². The van der Waals surface area contributed by atoms with E-state index in [-0.39, 0.29) is 29.3 Å². The molecule has 0 saturated heterocycles. The number of ether oxygens (including phenoxy) is 1. The van der Waals surface area contributed by atoms with Gasteiger partial charge in [0.1, 0.15) is 5.82 Å². The van der Waals surface area contributed by atoms with Crippen LogP contribution in [0.3, 0.4) is 0 Å². The van der Waals surface area contributed by atoms with Crippen LogP contribution in [-0.2, 0) is 10.2 Å². The van der Waals surface area contributed by atoms with E-state index in [2.05, 4.69) is 20.5 Å². The van der Waals surface area contributed by atoms with Gasteiger partial charge in [-0.25, -0.2) is 4.98 Å². The van der Waals surface area contributed by atoms with Crippen molar-refractivity contribution in [3.63, 3.8) is 0 Å². The highest BCUT2D eigenvalue weighted by molar-refractivity contribution is 5.90. The van der Waals surface area contributed by atoms with Crippen LogP contribution in [0.25, 0.3) is 0 Å². The number of hydrogen-bond acceptors (Lipinski definition) is 4. The first-order chi connectivity index (χ1) is 8.40. The zero-order valence-electron chi connectivity index (χ0n) is 11.3. The summed E-state index contributed by atoms with van der Waals surface area (Å²) in [7, 11) is 1.69. The van der Waals surface area contributed by atoms with Gasteiger partial charge in [0, 0.05) is 18.6 Å². The summed E-state index contributed by atoms with van der Waals surface area (Å²) >= 11 is 0. The molecule has 0 unspecified atom stereocenters. The van der Waals surface area contributed by atoms with Crippen molar-refractivity contribution >= 4 is 5.91 Å². The van der Waals surface area contributed by atoms with Crippen molar-refractivity contribution in [1.29, 1.82) is 0 Å². The lowest BCUT2D eigenvalue weighted by atomic mass is 9.89. The highest BCUT2D eigenvalue weighted by Gasteiger charge is 2.31. The van der Waals surface area contributed by atoms with Crippen molar-refractivity contribution in [3.8, 4) is 0 Å². The summed E-state index contributed by atoms with van der Waals surface area (Å²) in [5.41, 5.74) is -0.136. The highest BCUT2D eigenvalue weighted by Crippen LogP contribution is 2.23. The number of H-pyrrole nitrogens is 1. The van der Waals surface area contributed by atoms with Crippen LogP contribution in [0.15, 0.2) is 0 Å². The molecule has 6 heteroatoms. The molecular formula is C12H20N4O2. The van der Waals surface area contributed by atoms with E-state index in [4.69, 9.17) is 4.74 Å². The molecule has 6 nitrogen and oxygen atoms in total. The molecule has 0 aromatic carbocycles. The van der Waals surface area contributed by atoms with Gasteiger partial charge in [-0.05, 0) is 12.8 Å². The summed E-state index contributed by atoms with van der Waals surface area (Å²) < 4.78 is 5.16. The van der Waals surface area contributed by atoms with E-state index in [0.29, 0.717) is 0 Å². The lowest BCUT2D eigenvalue weighted by Crippen LogP contribution is -2.47. The Bertz CT molecular complexity index is 430. The SMILES string of the molecule is COC1CC(NC(=O)c2n[nH]c(C(C)(C)C)n2)C1. The van der Waals surface area contributed by atoms with Gasteiger partial charge in [-0.15, -0.1) is 5.10 Å². The third-order valence-electron chi connectivity index (χ3n) is 3.16. The summed E-state index contributed by atoms with van der Waals surface area (Å²) in [6.07, 6.45) is 1.99. The van der Waals surface area contributed by atoms with Crippen molar-refractivity contribution in [2.75, 3.05) is 7.11 Å². The number of aromatic amines is 1. The van der Waals surface area contributed by atoms with Crippen LogP contribution in [0, 0.1) is 0 Å².